The van der Waals surface area contributed by atoms with Gasteiger partial charge in [-0.1, -0.05) is 12.1 Å². The Hall–Kier alpha value is -2.82. The molecule has 5 nitrogen and oxygen atoms in total. The van der Waals surface area contributed by atoms with Crippen LogP contribution in [-0.2, 0) is 11.3 Å². The van der Waals surface area contributed by atoms with E-state index in [4.69, 9.17) is 0 Å². The van der Waals surface area contributed by atoms with Gasteiger partial charge < -0.3 is 14.8 Å². The number of hydrogen-bond donors (Lipinski definition) is 1. The molecule has 1 N–H and O–H groups in total. The van der Waals surface area contributed by atoms with Crippen LogP contribution in [0.15, 0.2) is 48.8 Å². The summed E-state index contributed by atoms with van der Waals surface area (Å²) in [5.41, 5.74) is 4.37. The molecule has 0 radical (unpaired) electrons. The molecule has 2 aromatic heterocycles. The summed E-state index contributed by atoms with van der Waals surface area (Å²) in [6.07, 6.45) is 4.63. The van der Waals surface area contributed by atoms with Crippen LogP contribution in [0.5, 0.6) is 0 Å². The monoisotopic (exact) mass is 320 g/mol. The number of fused-ring (bicyclic) bond motifs is 2. The molecule has 1 amide bonds. The minimum atomic E-state index is 0.0981. The van der Waals surface area contributed by atoms with Gasteiger partial charge in [-0.05, 0) is 30.7 Å². The molecule has 1 aliphatic rings. The van der Waals surface area contributed by atoms with Crippen molar-refractivity contribution in [3.8, 4) is 0 Å². The molecule has 24 heavy (non-hydrogen) atoms. The molecule has 0 bridgehead atoms. The number of nitrogens with one attached hydrogen (secondary N) is 1. The number of pyridine rings is 1. The maximum Gasteiger partial charge on any atom is 0.223 e. The van der Waals surface area contributed by atoms with Crippen molar-refractivity contribution in [2.45, 2.75) is 19.9 Å². The molecule has 5 heteroatoms. The summed E-state index contributed by atoms with van der Waals surface area (Å²) in [6, 6.07) is 12.3. The number of benzene rings is 1. The molecule has 122 valence electrons. The number of aromatic nitrogens is 2. The Balaban J connectivity index is 1.69. The summed E-state index contributed by atoms with van der Waals surface area (Å²) in [5.74, 6) is 0.0981. The lowest BCUT2D eigenvalue weighted by atomic mass is 10.2. The van der Waals surface area contributed by atoms with Gasteiger partial charge in [-0.15, -0.1) is 0 Å². The van der Waals surface area contributed by atoms with Gasteiger partial charge in [0.1, 0.15) is 0 Å². The fraction of sp³-hybridized carbons (Fsp3) is 0.263. The number of rotatable bonds is 2. The third kappa shape index (κ3) is 2.62. The second-order valence-corrected chi connectivity index (χ2v) is 6.19. The highest BCUT2D eigenvalue weighted by atomic mass is 16.2. The van der Waals surface area contributed by atoms with E-state index in [0.29, 0.717) is 0 Å². The quantitative estimate of drug-likeness (QED) is 0.788. The maximum atomic E-state index is 12.0. The molecule has 4 rings (SSSR count). The Morgan fingerprint density at radius 2 is 2.04 bits per heavy atom. The second kappa shape index (κ2) is 6.00. The van der Waals surface area contributed by atoms with Crippen LogP contribution in [0.4, 0.5) is 11.4 Å². The molecule has 1 aromatic carbocycles. The van der Waals surface area contributed by atoms with Gasteiger partial charge in [-0.2, -0.15) is 0 Å². The summed E-state index contributed by atoms with van der Waals surface area (Å²) in [5, 5.41) is 1.13. The number of carbonyl (C=O) groups excluding carboxylic acids is 1. The molecule has 0 unspecified atom stereocenters. The molecular formula is C19H20N4O. The van der Waals surface area contributed by atoms with E-state index >= 15 is 0 Å². The van der Waals surface area contributed by atoms with Gasteiger partial charge in [0.25, 0.3) is 0 Å². The Kier molecular flexibility index (Phi) is 3.69. The van der Waals surface area contributed by atoms with Crippen molar-refractivity contribution in [2.24, 2.45) is 0 Å². The topological polar surface area (TPSA) is 52.2 Å². The van der Waals surface area contributed by atoms with Gasteiger partial charge in [-0.25, -0.2) is 0 Å². The van der Waals surface area contributed by atoms with E-state index in [9.17, 15) is 4.79 Å². The highest BCUT2D eigenvalue weighted by Crippen LogP contribution is 2.33. The summed E-state index contributed by atoms with van der Waals surface area (Å²) >= 11 is 0. The third-order valence-corrected chi connectivity index (χ3v) is 4.54. The van der Waals surface area contributed by atoms with Crippen LogP contribution >= 0.6 is 0 Å². The van der Waals surface area contributed by atoms with Gasteiger partial charge in [0.2, 0.25) is 5.91 Å². The van der Waals surface area contributed by atoms with Crippen molar-refractivity contribution in [2.75, 3.05) is 22.9 Å². The zero-order valence-electron chi connectivity index (χ0n) is 13.7. The molecular weight excluding hydrogens is 300 g/mol. The number of amides is 1. The fourth-order valence-electron chi connectivity index (χ4n) is 3.43. The number of nitrogens with zero attached hydrogens (tertiary/aromatic N) is 3. The van der Waals surface area contributed by atoms with Crippen molar-refractivity contribution >= 4 is 28.2 Å². The second-order valence-electron chi connectivity index (χ2n) is 6.19. The largest absolute Gasteiger partial charge is 0.364 e. The Bertz CT molecular complexity index is 853. The number of carbonyl (C=O) groups is 1. The molecule has 0 saturated carbocycles. The summed E-state index contributed by atoms with van der Waals surface area (Å²) in [6.45, 7) is 4.11. The van der Waals surface area contributed by atoms with Crippen LogP contribution < -0.4 is 9.80 Å². The average molecular weight is 320 g/mol. The number of aromatic amines is 1. The van der Waals surface area contributed by atoms with E-state index in [2.05, 4.69) is 27.0 Å². The molecule has 1 aliphatic heterocycles. The van der Waals surface area contributed by atoms with Crippen molar-refractivity contribution in [3.63, 3.8) is 0 Å². The first-order chi connectivity index (χ1) is 11.7. The lowest BCUT2D eigenvalue weighted by Crippen LogP contribution is -2.28. The minimum absolute atomic E-state index is 0.0981. The normalized spacial score (nSPS) is 14.5. The first-order valence-corrected chi connectivity index (χ1v) is 8.26. The van der Waals surface area contributed by atoms with Crippen molar-refractivity contribution in [1.29, 1.82) is 0 Å². The first kappa shape index (κ1) is 14.8. The fourth-order valence-corrected chi connectivity index (χ4v) is 3.43. The Morgan fingerprint density at radius 1 is 1.21 bits per heavy atom. The lowest BCUT2D eigenvalue weighted by Gasteiger charge is -2.26. The predicted octanol–water partition coefficient (Wildman–Crippen LogP) is 3.33. The van der Waals surface area contributed by atoms with Crippen LogP contribution in [0.2, 0.25) is 0 Å². The number of H-pyrrole nitrogens is 1. The van der Waals surface area contributed by atoms with Crippen molar-refractivity contribution < 1.29 is 4.79 Å². The third-order valence-electron chi connectivity index (χ3n) is 4.54. The van der Waals surface area contributed by atoms with Crippen LogP contribution in [-0.4, -0.2) is 29.0 Å². The molecule has 0 atom stereocenters. The maximum absolute atomic E-state index is 12.0. The molecule has 0 saturated heterocycles. The summed E-state index contributed by atoms with van der Waals surface area (Å²) in [4.78, 5) is 23.9. The van der Waals surface area contributed by atoms with Crippen molar-refractivity contribution in [3.05, 3.63) is 54.5 Å². The average Bonchev–Trinajstić information content (AvgIpc) is 2.90. The highest BCUT2D eigenvalue weighted by molar-refractivity contribution is 5.95. The molecule has 0 spiro atoms. The minimum Gasteiger partial charge on any atom is -0.364 e. The van der Waals surface area contributed by atoms with E-state index in [1.54, 1.807) is 13.1 Å². The van der Waals surface area contributed by atoms with Gasteiger partial charge in [0.05, 0.1) is 17.9 Å². The summed E-state index contributed by atoms with van der Waals surface area (Å²) in [7, 11) is 0. The van der Waals surface area contributed by atoms with E-state index in [0.717, 1.165) is 54.0 Å². The van der Waals surface area contributed by atoms with Gasteiger partial charge in [0, 0.05) is 49.0 Å². The molecule has 0 aliphatic carbocycles. The van der Waals surface area contributed by atoms with Crippen molar-refractivity contribution in [1.82, 2.24) is 9.97 Å². The molecule has 3 aromatic rings. The summed E-state index contributed by atoms with van der Waals surface area (Å²) < 4.78 is 0. The first-order valence-electron chi connectivity index (χ1n) is 8.26. The van der Waals surface area contributed by atoms with Crippen LogP contribution in [0, 0.1) is 0 Å². The SMILES string of the molecule is CC(=O)N1CCCN(Cc2cc3cnccc3[nH]2)c2ccccc21. The van der Waals surface area contributed by atoms with E-state index in [-0.39, 0.29) is 5.91 Å². The molecule has 3 heterocycles. The van der Waals surface area contributed by atoms with Gasteiger partial charge in [-0.3, -0.25) is 9.78 Å². The van der Waals surface area contributed by atoms with Crippen LogP contribution in [0.25, 0.3) is 10.9 Å². The number of para-hydroxylation sites is 2. The van der Waals surface area contributed by atoms with Crippen LogP contribution in [0.1, 0.15) is 19.0 Å². The lowest BCUT2D eigenvalue weighted by molar-refractivity contribution is -0.116. The Morgan fingerprint density at radius 3 is 2.83 bits per heavy atom. The van der Waals surface area contributed by atoms with Crippen LogP contribution in [0.3, 0.4) is 0 Å². The number of anilines is 2. The standard InChI is InChI=1S/C19H20N4O/c1-14(24)23-10-4-9-22(18-5-2-3-6-19(18)23)13-16-11-15-12-20-8-7-17(15)21-16/h2-3,5-8,11-12,21H,4,9-10,13H2,1H3. The Labute approximate surface area is 140 Å². The van der Waals surface area contributed by atoms with E-state index in [1.807, 2.05) is 35.4 Å². The predicted molar refractivity (Wildman–Crippen MR) is 96.2 cm³/mol. The smallest absolute Gasteiger partial charge is 0.223 e. The van der Waals surface area contributed by atoms with Gasteiger partial charge in [0.15, 0.2) is 0 Å². The van der Waals surface area contributed by atoms with E-state index < -0.39 is 0 Å². The highest BCUT2D eigenvalue weighted by Gasteiger charge is 2.22. The van der Waals surface area contributed by atoms with E-state index in [1.165, 1.54) is 0 Å². The van der Waals surface area contributed by atoms with Gasteiger partial charge >= 0.3 is 0 Å². The number of hydrogen-bond acceptors (Lipinski definition) is 3. The zero-order chi connectivity index (χ0) is 16.5. The zero-order valence-corrected chi connectivity index (χ0v) is 13.7. The molecule has 0 fully saturated rings.